The maximum absolute atomic E-state index is 11.4. The molecule has 1 heterocycles. The third-order valence-corrected chi connectivity index (χ3v) is 2.21. The minimum Gasteiger partial charge on any atom is -0.480 e. The molecule has 6 nitrogen and oxygen atoms in total. The van der Waals surface area contributed by atoms with E-state index in [0.717, 1.165) is 0 Å². The van der Waals surface area contributed by atoms with E-state index >= 15 is 0 Å². The third-order valence-electron chi connectivity index (χ3n) is 2.21. The normalized spacial score (nSPS) is 26.6. The second-order valence-corrected chi connectivity index (χ2v) is 3.32. The van der Waals surface area contributed by atoms with Crippen LogP contribution < -0.4 is 5.32 Å². The van der Waals surface area contributed by atoms with Crippen LogP contribution in [0.4, 0.5) is 0 Å². The van der Waals surface area contributed by atoms with Crippen LogP contribution >= 0.6 is 0 Å². The molecule has 0 aromatic carbocycles. The lowest BCUT2D eigenvalue weighted by molar-refractivity contribution is -0.147. The smallest absolute Gasteiger partial charge is 0.326 e. The van der Waals surface area contributed by atoms with Crippen LogP contribution in [0.2, 0.25) is 0 Å². The monoisotopic (exact) mass is 202 g/mol. The van der Waals surface area contributed by atoms with E-state index in [0.29, 0.717) is 0 Å². The van der Waals surface area contributed by atoms with Gasteiger partial charge < -0.3 is 20.4 Å². The van der Waals surface area contributed by atoms with E-state index in [9.17, 15) is 14.7 Å². The molecule has 1 amide bonds. The summed E-state index contributed by atoms with van der Waals surface area (Å²) in [6.45, 7) is 0.202. The Morgan fingerprint density at radius 2 is 2.21 bits per heavy atom. The van der Waals surface area contributed by atoms with Crippen molar-refractivity contribution < 1.29 is 19.8 Å². The van der Waals surface area contributed by atoms with Gasteiger partial charge in [0.15, 0.2) is 0 Å². The van der Waals surface area contributed by atoms with Gasteiger partial charge >= 0.3 is 5.97 Å². The quantitative estimate of drug-likeness (QED) is 0.505. The summed E-state index contributed by atoms with van der Waals surface area (Å²) in [5, 5.41) is 20.7. The predicted octanol–water partition coefficient (Wildman–Crippen LogP) is -1.75. The van der Waals surface area contributed by atoms with E-state index in [2.05, 4.69) is 5.32 Å². The number of hydrogen-bond acceptors (Lipinski definition) is 4. The standard InChI is InChI=1S/C8H14N2O4/c1-9-3-7(12)10-4-5(11)2-6(10)8(13)14/h5-6,9,11H,2-4H2,1H3,(H,13,14)/t5-,6-/m0/s1. The van der Waals surface area contributed by atoms with Crippen molar-refractivity contribution in [1.82, 2.24) is 10.2 Å². The molecule has 1 aliphatic heterocycles. The summed E-state index contributed by atoms with van der Waals surface area (Å²) >= 11 is 0. The minimum absolute atomic E-state index is 0.0938. The Balaban J connectivity index is 2.66. The van der Waals surface area contributed by atoms with Crippen LogP contribution in [0.3, 0.4) is 0 Å². The first-order valence-corrected chi connectivity index (χ1v) is 4.41. The Kier molecular flexibility index (Phi) is 3.43. The number of β-amino-alcohol motifs (C(OH)–C–C–N with tert-alkyl or cyclic N) is 1. The fraction of sp³-hybridized carbons (Fsp3) is 0.750. The number of aliphatic hydroxyl groups excluding tert-OH is 1. The average molecular weight is 202 g/mol. The van der Waals surface area contributed by atoms with E-state index in [-0.39, 0.29) is 25.4 Å². The van der Waals surface area contributed by atoms with Crippen molar-refractivity contribution in [3.05, 3.63) is 0 Å². The minimum atomic E-state index is -1.06. The van der Waals surface area contributed by atoms with Crippen LogP contribution in [-0.2, 0) is 9.59 Å². The van der Waals surface area contributed by atoms with Crippen LogP contribution in [-0.4, -0.2) is 59.3 Å². The highest BCUT2D eigenvalue weighted by atomic mass is 16.4. The van der Waals surface area contributed by atoms with Gasteiger partial charge in [0.2, 0.25) is 5.91 Å². The first-order valence-electron chi connectivity index (χ1n) is 4.41. The van der Waals surface area contributed by atoms with E-state index in [1.807, 2.05) is 0 Å². The van der Waals surface area contributed by atoms with Crippen LogP contribution in [0.25, 0.3) is 0 Å². The SMILES string of the molecule is CNCC(=O)N1C[C@@H](O)C[C@H]1C(=O)O. The Bertz CT molecular complexity index is 243. The molecule has 1 rings (SSSR count). The maximum Gasteiger partial charge on any atom is 0.326 e. The number of amides is 1. The van der Waals surface area contributed by atoms with E-state index in [4.69, 9.17) is 5.11 Å². The molecular formula is C8H14N2O4. The highest BCUT2D eigenvalue weighted by Crippen LogP contribution is 2.17. The molecule has 0 spiro atoms. The molecule has 1 saturated heterocycles. The summed E-state index contributed by atoms with van der Waals surface area (Å²) in [6, 6.07) is -0.883. The number of aliphatic hydroxyl groups is 1. The predicted molar refractivity (Wildman–Crippen MR) is 47.7 cm³/mol. The van der Waals surface area contributed by atoms with Gasteiger partial charge in [-0.15, -0.1) is 0 Å². The molecule has 0 aromatic heterocycles. The largest absolute Gasteiger partial charge is 0.480 e. The summed E-state index contributed by atoms with van der Waals surface area (Å²) in [7, 11) is 1.61. The Hall–Kier alpha value is -1.14. The zero-order valence-electron chi connectivity index (χ0n) is 7.93. The molecule has 0 bridgehead atoms. The number of carbonyl (C=O) groups is 2. The summed E-state index contributed by atoms with van der Waals surface area (Å²) in [5.41, 5.74) is 0. The van der Waals surface area contributed by atoms with Crippen molar-refractivity contribution in [1.29, 1.82) is 0 Å². The van der Waals surface area contributed by atoms with Crippen molar-refractivity contribution in [3.8, 4) is 0 Å². The summed E-state index contributed by atoms with van der Waals surface area (Å²) in [5.74, 6) is -1.36. The van der Waals surface area contributed by atoms with Gasteiger partial charge in [0.1, 0.15) is 6.04 Å². The van der Waals surface area contributed by atoms with Gasteiger partial charge in [0.05, 0.1) is 12.6 Å². The lowest BCUT2D eigenvalue weighted by atomic mass is 10.2. The number of carboxylic acid groups (broad SMARTS) is 1. The molecule has 14 heavy (non-hydrogen) atoms. The van der Waals surface area contributed by atoms with Gasteiger partial charge in [0, 0.05) is 13.0 Å². The van der Waals surface area contributed by atoms with Crippen LogP contribution in [0, 0.1) is 0 Å². The third kappa shape index (κ3) is 2.21. The van der Waals surface area contributed by atoms with Gasteiger partial charge in [-0.1, -0.05) is 0 Å². The molecule has 0 aliphatic carbocycles. The van der Waals surface area contributed by atoms with Gasteiger partial charge in [-0.05, 0) is 7.05 Å². The Morgan fingerprint density at radius 1 is 1.57 bits per heavy atom. The average Bonchev–Trinajstić information content (AvgIpc) is 2.48. The number of nitrogens with one attached hydrogen (secondary N) is 1. The fourth-order valence-corrected chi connectivity index (χ4v) is 1.58. The molecule has 0 radical (unpaired) electrons. The number of likely N-dealkylation sites (N-methyl/N-ethyl adjacent to an activating group) is 1. The zero-order chi connectivity index (χ0) is 10.7. The number of carbonyl (C=O) groups excluding carboxylic acids is 1. The summed E-state index contributed by atoms with van der Waals surface area (Å²) in [4.78, 5) is 23.3. The second-order valence-electron chi connectivity index (χ2n) is 3.32. The van der Waals surface area contributed by atoms with Gasteiger partial charge in [-0.3, -0.25) is 4.79 Å². The van der Waals surface area contributed by atoms with Crippen LogP contribution in [0.15, 0.2) is 0 Å². The first kappa shape index (κ1) is 10.9. The molecule has 0 saturated carbocycles. The van der Waals surface area contributed by atoms with Crippen molar-refractivity contribution in [2.75, 3.05) is 20.1 Å². The number of hydrogen-bond donors (Lipinski definition) is 3. The van der Waals surface area contributed by atoms with Gasteiger partial charge in [-0.2, -0.15) is 0 Å². The molecule has 2 atom stereocenters. The van der Waals surface area contributed by atoms with E-state index in [1.165, 1.54) is 4.90 Å². The molecule has 0 unspecified atom stereocenters. The molecule has 1 fully saturated rings. The lowest BCUT2D eigenvalue weighted by Crippen LogP contribution is -2.44. The van der Waals surface area contributed by atoms with E-state index in [1.54, 1.807) is 7.05 Å². The van der Waals surface area contributed by atoms with Crippen LogP contribution in [0.1, 0.15) is 6.42 Å². The summed E-state index contributed by atoms with van der Waals surface area (Å²) < 4.78 is 0. The maximum atomic E-state index is 11.4. The molecule has 1 aliphatic rings. The topological polar surface area (TPSA) is 89.9 Å². The number of carboxylic acids is 1. The van der Waals surface area contributed by atoms with Gasteiger partial charge in [0.25, 0.3) is 0 Å². The van der Waals surface area contributed by atoms with Crippen molar-refractivity contribution in [3.63, 3.8) is 0 Å². The van der Waals surface area contributed by atoms with E-state index < -0.39 is 18.1 Å². The number of nitrogens with zero attached hydrogens (tertiary/aromatic N) is 1. The Labute approximate surface area is 81.5 Å². The summed E-state index contributed by atoms with van der Waals surface area (Å²) in [6.07, 6.45) is -0.609. The number of likely N-dealkylation sites (tertiary alicyclic amines) is 1. The Morgan fingerprint density at radius 3 is 2.71 bits per heavy atom. The number of aliphatic carboxylic acids is 1. The molecule has 6 heteroatoms. The van der Waals surface area contributed by atoms with Gasteiger partial charge in [-0.25, -0.2) is 4.79 Å². The molecule has 80 valence electrons. The number of rotatable bonds is 3. The molecule has 3 N–H and O–H groups in total. The zero-order valence-corrected chi connectivity index (χ0v) is 7.93. The fourth-order valence-electron chi connectivity index (χ4n) is 1.58. The second kappa shape index (κ2) is 4.39. The van der Waals surface area contributed by atoms with Crippen molar-refractivity contribution in [2.24, 2.45) is 0 Å². The van der Waals surface area contributed by atoms with Crippen molar-refractivity contribution >= 4 is 11.9 Å². The first-order chi connectivity index (χ1) is 6.56. The molecular weight excluding hydrogens is 188 g/mol. The van der Waals surface area contributed by atoms with Crippen LogP contribution in [0.5, 0.6) is 0 Å². The highest BCUT2D eigenvalue weighted by Gasteiger charge is 2.38. The highest BCUT2D eigenvalue weighted by molar-refractivity contribution is 5.85. The van der Waals surface area contributed by atoms with Crippen molar-refractivity contribution in [2.45, 2.75) is 18.6 Å². The molecule has 0 aromatic rings. The lowest BCUT2D eigenvalue weighted by Gasteiger charge is -2.20.